The number of anilines is 1. The molecule has 0 bridgehead atoms. The fourth-order valence-corrected chi connectivity index (χ4v) is 1.73. The van der Waals surface area contributed by atoms with E-state index in [0.717, 1.165) is 12.1 Å². The van der Waals surface area contributed by atoms with Crippen molar-refractivity contribution < 1.29 is 23.2 Å². The van der Waals surface area contributed by atoms with E-state index in [1.165, 1.54) is 0 Å². The average molecular weight is 274 g/mol. The van der Waals surface area contributed by atoms with E-state index in [2.05, 4.69) is 5.32 Å². The summed E-state index contributed by atoms with van der Waals surface area (Å²) in [5.41, 5.74) is -0.991. The highest BCUT2D eigenvalue weighted by molar-refractivity contribution is 5.62. The van der Waals surface area contributed by atoms with E-state index >= 15 is 0 Å². The molecular weight excluding hydrogens is 262 g/mol. The lowest BCUT2D eigenvalue weighted by atomic mass is 10.2. The van der Waals surface area contributed by atoms with Gasteiger partial charge in [-0.1, -0.05) is 0 Å². The van der Waals surface area contributed by atoms with Crippen molar-refractivity contribution in [2.24, 2.45) is 0 Å². The Kier molecular flexibility index (Phi) is 4.23. The summed E-state index contributed by atoms with van der Waals surface area (Å²) in [6, 6.07) is 1.64. The molecule has 1 aromatic rings. The molecule has 1 aliphatic heterocycles. The SMILES string of the molecule is O=[N+]([O-])c1ccc(F)c(F)c1NCC1COCCO1. The number of nitro groups is 1. The van der Waals surface area contributed by atoms with Gasteiger partial charge in [-0.3, -0.25) is 10.1 Å². The van der Waals surface area contributed by atoms with Gasteiger partial charge in [0.05, 0.1) is 30.8 Å². The second-order valence-corrected chi connectivity index (χ2v) is 3.96. The largest absolute Gasteiger partial charge is 0.376 e. The summed E-state index contributed by atoms with van der Waals surface area (Å²) in [5, 5.41) is 13.3. The van der Waals surface area contributed by atoms with Gasteiger partial charge < -0.3 is 14.8 Å². The number of rotatable bonds is 4. The fraction of sp³-hybridized carbons (Fsp3) is 0.455. The van der Waals surface area contributed by atoms with Gasteiger partial charge in [-0.05, 0) is 6.07 Å². The van der Waals surface area contributed by atoms with Gasteiger partial charge in [0.15, 0.2) is 17.3 Å². The molecule has 0 aromatic heterocycles. The third-order valence-corrected chi connectivity index (χ3v) is 2.66. The summed E-state index contributed by atoms with van der Waals surface area (Å²) in [6.07, 6.45) is -0.351. The first-order valence-electron chi connectivity index (χ1n) is 5.65. The summed E-state index contributed by atoms with van der Waals surface area (Å²) in [6.45, 7) is 1.28. The van der Waals surface area contributed by atoms with Crippen LogP contribution in [0.3, 0.4) is 0 Å². The third-order valence-electron chi connectivity index (χ3n) is 2.66. The summed E-state index contributed by atoms with van der Waals surface area (Å²) in [4.78, 5) is 9.98. The molecule has 0 radical (unpaired) electrons. The number of benzene rings is 1. The maximum absolute atomic E-state index is 13.6. The molecule has 1 saturated heterocycles. The predicted octanol–water partition coefficient (Wildman–Crippen LogP) is 1.70. The Labute approximate surface area is 107 Å². The van der Waals surface area contributed by atoms with E-state index in [4.69, 9.17) is 9.47 Å². The molecule has 8 heteroatoms. The van der Waals surface area contributed by atoms with Crippen LogP contribution in [0.15, 0.2) is 12.1 Å². The zero-order chi connectivity index (χ0) is 13.8. The summed E-state index contributed by atoms with van der Waals surface area (Å²) in [5.74, 6) is -2.42. The highest BCUT2D eigenvalue weighted by atomic mass is 19.2. The van der Waals surface area contributed by atoms with Crippen molar-refractivity contribution in [3.05, 3.63) is 33.9 Å². The van der Waals surface area contributed by atoms with Crippen LogP contribution in [0.25, 0.3) is 0 Å². The van der Waals surface area contributed by atoms with Gasteiger partial charge in [0, 0.05) is 12.6 Å². The molecule has 0 saturated carbocycles. The number of nitro benzene ring substituents is 1. The average Bonchev–Trinajstić information content (AvgIpc) is 2.41. The minimum atomic E-state index is -1.27. The second kappa shape index (κ2) is 5.89. The van der Waals surface area contributed by atoms with Crippen molar-refractivity contribution in [1.82, 2.24) is 0 Å². The first-order valence-corrected chi connectivity index (χ1v) is 5.65. The Morgan fingerprint density at radius 1 is 1.42 bits per heavy atom. The maximum Gasteiger partial charge on any atom is 0.295 e. The first-order chi connectivity index (χ1) is 9.09. The molecule has 0 amide bonds. The van der Waals surface area contributed by atoms with Crippen molar-refractivity contribution >= 4 is 11.4 Å². The zero-order valence-electron chi connectivity index (χ0n) is 9.90. The van der Waals surface area contributed by atoms with Crippen LogP contribution < -0.4 is 5.32 Å². The first kappa shape index (κ1) is 13.6. The van der Waals surface area contributed by atoms with Crippen LogP contribution >= 0.6 is 0 Å². The molecule has 1 heterocycles. The van der Waals surface area contributed by atoms with Gasteiger partial charge in [0.25, 0.3) is 5.69 Å². The zero-order valence-corrected chi connectivity index (χ0v) is 9.90. The molecule has 0 aliphatic carbocycles. The topological polar surface area (TPSA) is 73.6 Å². The van der Waals surface area contributed by atoms with Gasteiger partial charge in [0.1, 0.15) is 0 Å². The van der Waals surface area contributed by atoms with E-state index in [1.807, 2.05) is 0 Å². The number of ether oxygens (including phenoxy) is 2. The van der Waals surface area contributed by atoms with E-state index in [1.54, 1.807) is 0 Å². The molecule has 1 N–H and O–H groups in total. The van der Waals surface area contributed by atoms with Crippen LogP contribution in [0.2, 0.25) is 0 Å². The number of hydrogen-bond donors (Lipinski definition) is 1. The molecule has 1 fully saturated rings. The van der Waals surface area contributed by atoms with E-state index in [0.29, 0.717) is 19.8 Å². The highest BCUT2D eigenvalue weighted by Crippen LogP contribution is 2.29. The minimum absolute atomic E-state index is 0.0984. The van der Waals surface area contributed by atoms with Gasteiger partial charge in [0.2, 0.25) is 0 Å². The van der Waals surface area contributed by atoms with E-state index in [9.17, 15) is 18.9 Å². The molecule has 2 rings (SSSR count). The van der Waals surface area contributed by atoms with E-state index in [-0.39, 0.29) is 12.6 Å². The molecule has 1 unspecified atom stereocenters. The predicted molar refractivity (Wildman–Crippen MR) is 62.1 cm³/mol. The maximum atomic E-state index is 13.6. The normalized spacial score (nSPS) is 19.2. The van der Waals surface area contributed by atoms with Crippen LogP contribution in [0.4, 0.5) is 20.2 Å². The standard InChI is InChI=1S/C11H12F2N2O4/c12-8-1-2-9(15(16)17)11(10(8)13)14-5-7-6-18-3-4-19-7/h1-2,7,14H,3-6H2. The fourth-order valence-electron chi connectivity index (χ4n) is 1.73. The van der Waals surface area contributed by atoms with Gasteiger partial charge in [-0.15, -0.1) is 0 Å². The summed E-state index contributed by atoms with van der Waals surface area (Å²) in [7, 11) is 0. The van der Waals surface area contributed by atoms with Gasteiger partial charge in [-0.2, -0.15) is 0 Å². The minimum Gasteiger partial charge on any atom is -0.376 e. The molecule has 19 heavy (non-hydrogen) atoms. The van der Waals surface area contributed by atoms with Crippen molar-refractivity contribution in [2.75, 3.05) is 31.7 Å². The Bertz CT molecular complexity index is 478. The quantitative estimate of drug-likeness (QED) is 0.668. The van der Waals surface area contributed by atoms with Crippen molar-refractivity contribution in [2.45, 2.75) is 6.10 Å². The highest BCUT2D eigenvalue weighted by Gasteiger charge is 2.23. The molecular formula is C11H12F2N2O4. The number of halogens is 2. The monoisotopic (exact) mass is 274 g/mol. The Morgan fingerprint density at radius 3 is 2.84 bits per heavy atom. The van der Waals surface area contributed by atoms with Crippen molar-refractivity contribution in [1.29, 1.82) is 0 Å². The van der Waals surface area contributed by atoms with Crippen LogP contribution in [-0.4, -0.2) is 37.4 Å². The number of hydrogen-bond acceptors (Lipinski definition) is 5. The number of nitrogens with zero attached hydrogens (tertiary/aromatic N) is 1. The van der Waals surface area contributed by atoms with Crippen LogP contribution in [0, 0.1) is 21.7 Å². The Morgan fingerprint density at radius 2 is 2.21 bits per heavy atom. The van der Waals surface area contributed by atoms with Gasteiger partial charge in [-0.25, -0.2) is 8.78 Å². The number of nitrogens with one attached hydrogen (secondary N) is 1. The lowest BCUT2D eigenvalue weighted by Crippen LogP contribution is -2.34. The van der Waals surface area contributed by atoms with Gasteiger partial charge >= 0.3 is 0 Å². The third kappa shape index (κ3) is 3.15. The second-order valence-electron chi connectivity index (χ2n) is 3.96. The van der Waals surface area contributed by atoms with Crippen LogP contribution in [0.1, 0.15) is 0 Å². The van der Waals surface area contributed by atoms with E-state index < -0.39 is 27.9 Å². The Balaban J connectivity index is 2.13. The molecule has 1 aromatic carbocycles. The lowest BCUT2D eigenvalue weighted by Gasteiger charge is -2.23. The summed E-state index contributed by atoms with van der Waals surface area (Å²) >= 11 is 0. The van der Waals surface area contributed by atoms with Crippen LogP contribution in [-0.2, 0) is 9.47 Å². The van der Waals surface area contributed by atoms with Crippen molar-refractivity contribution in [3.8, 4) is 0 Å². The smallest absolute Gasteiger partial charge is 0.295 e. The van der Waals surface area contributed by atoms with Crippen molar-refractivity contribution in [3.63, 3.8) is 0 Å². The molecule has 1 aliphatic rings. The molecule has 1 atom stereocenters. The molecule has 0 spiro atoms. The van der Waals surface area contributed by atoms with Crippen LogP contribution in [0.5, 0.6) is 0 Å². The molecule has 6 nitrogen and oxygen atoms in total. The Hall–Kier alpha value is -1.80. The summed E-state index contributed by atoms with van der Waals surface area (Å²) < 4.78 is 37.1. The lowest BCUT2D eigenvalue weighted by molar-refractivity contribution is -0.384. The molecule has 104 valence electrons.